The number of hydrogen-bond donors (Lipinski definition) is 2. The lowest BCUT2D eigenvalue weighted by molar-refractivity contribution is 0.0978. The Kier molecular flexibility index (Phi) is 7.36. The largest absolute Gasteiger partial charge is 0.356 e. The molecule has 1 aliphatic rings. The average molecular weight is 501 g/mol. The van der Waals surface area contributed by atoms with Gasteiger partial charge in [-0.05, 0) is 72.0 Å². The molecule has 34 heavy (non-hydrogen) atoms. The lowest BCUT2D eigenvalue weighted by Crippen LogP contribution is -2.35. The van der Waals surface area contributed by atoms with Crippen molar-refractivity contribution in [1.82, 2.24) is 10.3 Å². The van der Waals surface area contributed by atoms with Gasteiger partial charge in [-0.25, -0.2) is 8.78 Å². The number of H-pyrrole nitrogens is 1. The predicted octanol–water partition coefficient (Wildman–Crippen LogP) is 7.26. The number of halogens is 4. The molecular weight excluding hydrogens is 477 g/mol. The molecule has 0 bridgehead atoms. The normalized spacial score (nSPS) is 15.1. The minimum atomic E-state index is -0.299. The molecule has 1 unspecified atom stereocenters. The monoisotopic (exact) mass is 500 g/mol. The van der Waals surface area contributed by atoms with Crippen molar-refractivity contribution in [3.63, 3.8) is 0 Å². The summed E-state index contributed by atoms with van der Waals surface area (Å²) >= 11 is 5.89. The fraction of sp³-hybridized carbons (Fsp3) is 0.222. The van der Waals surface area contributed by atoms with Gasteiger partial charge in [-0.3, -0.25) is 4.79 Å². The van der Waals surface area contributed by atoms with Crippen molar-refractivity contribution < 1.29 is 13.6 Å². The first-order valence-corrected chi connectivity index (χ1v) is 11.5. The Morgan fingerprint density at radius 1 is 1.00 bits per heavy atom. The van der Waals surface area contributed by atoms with E-state index in [0.717, 1.165) is 47.0 Å². The Morgan fingerprint density at radius 2 is 1.74 bits per heavy atom. The predicted molar refractivity (Wildman–Crippen MR) is 135 cm³/mol. The van der Waals surface area contributed by atoms with E-state index in [1.807, 2.05) is 0 Å². The van der Waals surface area contributed by atoms with Gasteiger partial charge in [-0.1, -0.05) is 29.8 Å². The Balaban J connectivity index is 0.00000274. The van der Waals surface area contributed by atoms with Crippen LogP contribution in [-0.2, 0) is 13.0 Å². The van der Waals surface area contributed by atoms with Crippen LogP contribution in [0.15, 0.2) is 60.7 Å². The third-order valence-corrected chi connectivity index (χ3v) is 6.64. The lowest BCUT2D eigenvalue weighted by Gasteiger charge is -2.24. The highest BCUT2D eigenvalue weighted by Crippen LogP contribution is 2.36. The smallest absolute Gasteiger partial charge is 0.162 e. The quantitative estimate of drug-likeness (QED) is 0.273. The van der Waals surface area contributed by atoms with Gasteiger partial charge in [0.1, 0.15) is 11.6 Å². The SMILES string of the molecule is Cl.O=C(CCCC1Cc2[nH]c3c(F)ccc(-c4ccc(F)cc4)c3c2CN1)c1ccc(Cl)cc1. The molecule has 176 valence electrons. The van der Waals surface area contributed by atoms with E-state index in [2.05, 4.69) is 10.3 Å². The number of hydrogen-bond acceptors (Lipinski definition) is 2. The number of carbonyl (C=O) groups excluding carboxylic acids is 1. The van der Waals surface area contributed by atoms with Gasteiger partial charge in [0.05, 0.1) is 5.52 Å². The third kappa shape index (κ3) is 4.88. The van der Waals surface area contributed by atoms with Gasteiger partial charge >= 0.3 is 0 Å². The van der Waals surface area contributed by atoms with Crippen LogP contribution in [0.3, 0.4) is 0 Å². The van der Waals surface area contributed by atoms with Crippen LogP contribution in [0, 0.1) is 11.6 Å². The number of aromatic amines is 1. The number of rotatable bonds is 6. The summed E-state index contributed by atoms with van der Waals surface area (Å²) in [6.45, 7) is 0.614. The van der Waals surface area contributed by atoms with Gasteiger partial charge < -0.3 is 10.3 Å². The molecule has 5 rings (SSSR count). The molecule has 0 radical (unpaired) electrons. The zero-order chi connectivity index (χ0) is 22.9. The number of fused-ring (bicyclic) bond motifs is 3. The Labute approximate surface area is 207 Å². The molecule has 1 atom stereocenters. The lowest BCUT2D eigenvalue weighted by atomic mass is 9.93. The number of aromatic nitrogens is 1. The van der Waals surface area contributed by atoms with Gasteiger partial charge in [-0.15, -0.1) is 12.4 Å². The summed E-state index contributed by atoms with van der Waals surface area (Å²) in [6, 6.07) is 16.7. The summed E-state index contributed by atoms with van der Waals surface area (Å²) < 4.78 is 28.0. The Hall–Kier alpha value is -2.73. The number of ketones is 1. The van der Waals surface area contributed by atoms with Crippen molar-refractivity contribution in [3.8, 4) is 11.1 Å². The first-order chi connectivity index (χ1) is 16.0. The number of nitrogens with one attached hydrogen (secondary N) is 2. The summed E-state index contributed by atoms with van der Waals surface area (Å²) in [4.78, 5) is 15.7. The van der Waals surface area contributed by atoms with E-state index in [4.69, 9.17) is 11.6 Å². The summed E-state index contributed by atoms with van der Waals surface area (Å²) in [5.41, 5.74) is 4.98. The topological polar surface area (TPSA) is 44.9 Å². The standard InChI is InChI=1S/C27H23ClF2N2O.ClH/c28-18-8-4-17(5-9-18)25(33)3-1-2-20-14-24-22(15-31-20)26-21(12-13-23(30)27(26)32-24)16-6-10-19(29)11-7-16;/h4-13,20,31-32H,1-3,14-15H2;1H. The molecule has 0 saturated carbocycles. The fourth-order valence-electron chi connectivity index (χ4n) is 4.69. The molecule has 1 aliphatic heterocycles. The van der Waals surface area contributed by atoms with E-state index >= 15 is 0 Å². The van der Waals surface area contributed by atoms with E-state index in [0.29, 0.717) is 29.1 Å². The van der Waals surface area contributed by atoms with Crippen LogP contribution < -0.4 is 5.32 Å². The van der Waals surface area contributed by atoms with E-state index in [1.165, 1.54) is 18.2 Å². The first kappa shape index (κ1) is 24.4. The van der Waals surface area contributed by atoms with Crippen molar-refractivity contribution in [2.75, 3.05) is 0 Å². The molecule has 0 saturated heterocycles. The fourth-order valence-corrected chi connectivity index (χ4v) is 4.81. The Bertz CT molecular complexity index is 1320. The van der Waals surface area contributed by atoms with E-state index in [1.54, 1.807) is 42.5 Å². The third-order valence-electron chi connectivity index (χ3n) is 6.39. The molecule has 1 aromatic heterocycles. The number of Topliss-reactive ketones (excluding diaryl/α,β-unsaturated/α-hetero) is 1. The van der Waals surface area contributed by atoms with Crippen molar-refractivity contribution in [1.29, 1.82) is 0 Å². The van der Waals surface area contributed by atoms with Crippen molar-refractivity contribution in [2.24, 2.45) is 0 Å². The van der Waals surface area contributed by atoms with Crippen LogP contribution in [-0.4, -0.2) is 16.8 Å². The van der Waals surface area contributed by atoms with Crippen LogP contribution >= 0.6 is 24.0 Å². The highest BCUT2D eigenvalue weighted by Gasteiger charge is 2.25. The van der Waals surface area contributed by atoms with Gasteiger partial charge in [0.25, 0.3) is 0 Å². The zero-order valence-corrected chi connectivity index (χ0v) is 19.9. The molecule has 7 heteroatoms. The molecule has 3 nitrogen and oxygen atoms in total. The van der Waals surface area contributed by atoms with Crippen LogP contribution in [0.5, 0.6) is 0 Å². The molecule has 0 amide bonds. The number of carbonyl (C=O) groups is 1. The maximum Gasteiger partial charge on any atom is 0.162 e. The second-order valence-electron chi connectivity index (χ2n) is 8.54. The highest BCUT2D eigenvalue weighted by molar-refractivity contribution is 6.30. The average Bonchev–Trinajstić information content (AvgIpc) is 3.20. The Morgan fingerprint density at radius 3 is 2.47 bits per heavy atom. The molecule has 0 aliphatic carbocycles. The molecule has 0 spiro atoms. The van der Waals surface area contributed by atoms with Crippen molar-refractivity contribution >= 4 is 40.7 Å². The van der Waals surface area contributed by atoms with Gasteiger partial charge in [-0.2, -0.15) is 0 Å². The molecular formula is C27H24Cl2F2N2O. The molecule has 2 N–H and O–H groups in total. The van der Waals surface area contributed by atoms with Crippen LogP contribution in [0.25, 0.3) is 22.0 Å². The molecule has 2 heterocycles. The van der Waals surface area contributed by atoms with E-state index < -0.39 is 0 Å². The first-order valence-electron chi connectivity index (χ1n) is 11.1. The summed E-state index contributed by atoms with van der Waals surface area (Å²) in [6.07, 6.45) is 2.83. The van der Waals surface area contributed by atoms with Crippen molar-refractivity contribution in [3.05, 3.63) is 94.1 Å². The van der Waals surface area contributed by atoms with Gasteiger partial charge in [0.2, 0.25) is 0 Å². The van der Waals surface area contributed by atoms with E-state index in [9.17, 15) is 13.6 Å². The summed E-state index contributed by atoms with van der Waals surface area (Å²) in [7, 11) is 0. The maximum atomic E-state index is 14.6. The second kappa shape index (κ2) is 10.3. The number of benzene rings is 3. The van der Waals surface area contributed by atoms with Crippen LogP contribution in [0.2, 0.25) is 5.02 Å². The maximum absolute atomic E-state index is 14.6. The summed E-state index contributed by atoms with van der Waals surface area (Å²) in [5.74, 6) is -0.484. The highest BCUT2D eigenvalue weighted by atomic mass is 35.5. The second-order valence-corrected chi connectivity index (χ2v) is 8.97. The van der Waals surface area contributed by atoms with Gasteiger partial charge in [0.15, 0.2) is 5.78 Å². The molecule has 3 aromatic carbocycles. The van der Waals surface area contributed by atoms with Crippen LogP contribution in [0.1, 0.15) is 40.9 Å². The minimum absolute atomic E-state index is 0. The minimum Gasteiger partial charge on any atom is -0.356 e. The molecule has 0 fully saturated rings. The van der Waals surface area contributed by atoms with E-state index in [-0.39, 0.29) is 35.9 Å². The van der Waals surface area contributed by atoms with Crippen LogP contribution in [0.4, 0.5) is 8.78 Å². The summed E-state index contributed by atoms with van der Waals surface area (Å²) in [5, 5.41) is 5.02. The molecule has 4 aromatic rings. The van der Waals surface area contributed by atoms with Gasteiger partial charge in [0, 0.05) is 47.1 Å². The van der Waals surface area contributed by atoms with Crippen molar-refractivity contribution in [2.45, 2.75) is 38.3 Å². The zero-order valence-electron chi connectivity index (χ0n) is 18.3.